The van der Waals surface area contributed by atoms with Crippen molar-refractivity contribution < 1.29 is 24.0 Å². The molecule has 0 spiro atoms. The van der Waals surface area contributed by atoms with Gasteiger partial charge in [-0.3, -0.25) is 4.79 Å². The molecule has 0 fully saturated rings. The Morgan fingerprint density at radius 2 is 2.11 bits per heavy atom. The Hall–Kier alpha value is -3.90. The van der Waals surface area contributed by atoms with Crippen LogP contribution in [0.25, 0.3) is 10.9 Å². The largest absolute Gasteiger partial charge is 0.478 e. The molecule has 0 bridgehead atoms. The lowest BCUT2D eigenvalue weighted by atomic mass is 10.1. The zero-order valence-corrected chi connectivity index (χ0v) is 14.9. The number of carboxylic acids is 1. The van der Waals surface area contributed by atoms with Gasteiger partial charge in [0.2, 0.25) is 5.76 Å². The van der Waals surface area contributed by atoms with Crippen LogP contribution < -0.4 is 10.6 Å². The van der Waals surface area contributed by atoms with Crippen LogP contribution in [-0.4, -0.2) is 42.4 Å². The minimum atomic E-state index is -1.26. The molecule has 3 N–H and O–H groups in total. The zero-order valence-electron chi connectivity index (χ0n) is 14.9. The molecular weight excluding hydrogens is 364 g/mol. The summed E-state index contributed by atoms with van der Waals surface area (Å²) >= 11 is 0. The normalized spacial score (nSPS) is 10.4. The molecule has 3 rings (SSSR count). The molecule has 0 aliphatic carbocycles. The third-order valence-electron chi connectivity index (χ3n) is 3.95. The maximum absolute atomic E-state index is 12.6. The summed E-state index contributed by atoms with van der Waals surface area (Å²) in [7, 11) is 1.60. The third kappa shape index (κ3) is 3.92. The van der Waals surface area contributed by atoms with Crippen LogP contribution in [0.2, 0.25) is 0 Å². The summed E-state index contributed by atoms with van der Waals surface area (Å²) in [5.41, 5.74) is 1.27. The molecule has 2 aromatic carbocycles. The number of nitriles is 1. The van der Waals surface area contributed by atoms with Crippen molar-refractivity contribution in [2.45, 2.75) is 0 Å². The summed E-state index contributed by atoms with van der Waals surface area (Å²) in [5, 5.41) is 28.2. The lowest BCUT2D eigenvalue weighted by Crippen LogP contribution is -2.14. The van der Waals surface area contributed by atoms with E-state index in [2.05, 4.69) is 15.8 Å². The highest BCUT2D eigenvalue weighted by Gasteiger charge is 2.20. The van der Waals surface area contributed by atoms with Gasteiger partial charge in [0.1, 0.15) is 5.52 Å². The van der Waals surface area contributed by atoms with E-state index >= 15 is 0 Å². The molecule has 0 aliphatic rings. The predicted molar refractivity (Wildman–Crippen MR) is 100 cm³/mol. The second-order valence-corrected chi connectivity index (χ2v) is 5.79. The van der Waals surface area contributed by atoms with Crippen molar-refractivity contribution in [3.63, 3.8) is 0 Å². The number of nitrogens with zero attached hydrogens (tertiary/aromatic N) is 2. The summed E-state index contributed by atoms with van der Waals surface area (Å²) < 4.78 is 10.1. The number of carboxylic acid groups (broad SMARTS) is 1. The summed E-state index contributed by atoms with van der Waals surface area (Å²) in [5.74, 6) is -1.96. The molecule has 3 aromatic rings. The van der Waals surface area contributed by atoms with E-state index < -0.39 is 11.9 Å². The highest BCUT2D eigenvalue weighted by atomic mass is 16.5. The molecule has 0 unspecified atom stereocenters. The molecule has 9 nitrogen and oxygen atoms in total. The van der Waals surface area contributed by atoms with Gasteiger partial charge in [0.25, 0.3) is 5.91 Å². The Labute approximate surface area is 159 Å². The summed E-state index contributed by atoms with van der Waals surface area (Å²) in [6, 6.07) is 11.0. The van der Waals surface area contributed by atoms with Gasteiger partial charge < -0.3 is 25.0 Å². The maximum Gasteiger partial charge on any atom is 0.337 e. The first-order chi connectivity index (χ1) is 13.5. The average Bonchev–Trinajstić information content (AvgIpc) is 3.11. The molecule has 1 heterocycles. The molecule has 0 saturated carbocycles. The Morgan fingerprint density at radius 3 is 2.82 bits per heavy atom. The molecule has 1 aromatic heterocycles. The molecule has 0 atom stereocenters. The standard InChI is InChI=1S/C19H16N4O5/c1-27-7-6-21-12-3-5-16-13(9-12)17(28-23-16)18(24)22-15-4-2-11(10-20)8-14(15)19(25)26/h2-5,8-9,21H,6-7H2,1H3,(H,22,24)(H,25,26). The van der Waals surface area contributed by atoms with E-state index in [4.69, 9.17) is 14.5 Å². The van der Waals surface area contributed by atoms with Crippen molar-refractivity contribution in [2.24, 2.45) is 0 Å². The number of aromatic carboxylic acids is 1. The van der Waals surface area contributed by atoms with Gasteiger partial charge in [0, 0.05) is 19.3 Å². The third-order valence-corrected chi connectivity index (χ3v) is 3.95. The van der Waals surface area contributed by atoms with Gasteiger partial charge in [-0.1, -0.05) is 5.16 Å². The van der Waals surface area contributed by atoms with E-state index in [-0.39, 0.29) is 22.6 Å². The Kier molecular flexibility index (Phi) is 5.53. The van der Waals surface area contributed by atoms with Crippen LogP contribution in [0.3, 0.4) is 0 Å². The van der Waals surface area contributed by atoms with Crippen LogP contribution in [0.15, 0.2) is 40.9 Å². The molecule has 0 radical (unpaired) electrons. The Balaban J connectivity index is 1.89. The lowest BCUT2D eigenvalue weighted by Gasteiger charge is -2.08. The van der Waals surface area contributed by atoms with E-state index in [1.807, 2.05) is 6.07 Å². The Morgan fingerprint density at radius 1 is 1.29 bits per heavy atom. The van der Waals surface area contributed by atoms with Gasteiger partial charge in [0.15, 0.2) is 0 Å². The van der Waals surface area contributed by atoms with E-state index in [0.29, 0.717) is 24.1 Å². The quantitative estimate of drug-likeness (QED) is 0.532. The van der Waals surface area contributed by atoms with Crippen molar-refractivity contribution in [2.75, 3.05) is 30.9 Å². The number of anilines is 2. The number of nitrogens with one attached hydrogen (secondary N) is 2. The van der Waals surface area contributed by atoms with Crippen LogP contribution in [0.4, 0.5) is 11.4 Å². The number of benzene rings is 2. The molecule has 142 valence electrons. The number of carbonyl (C=O) groups is 2. The van der Waals surface area contributed by atoms with Crippen molar-refractivity contribution in [1.29, 1.82) is 5.26 Å². The van der Waals surface area contributed by atoms with Gasteiger partial charge in [-0.15, -0.1) is 0 Å². The molecule has 1 amide bonds. The first kappa shape index (κ1) is 18.9. The van der Waals surface area contributed by atoms with Crippen molar-refractivity contribution in [3.8, 4) is 6.07 Å². The van der Waals surface area contributed by atoms with Crippen LogP contribution >= 0.6 is 0 Å². The van der Waals surface area contributed by atoms with Gasteiger partial charge in [-0.25, -0.2) is 4.79 Å². The topological polar surface area (TPSA) is 137 Å². The van der Waals surface area contributed by atoms with Gasteiger partial charge in [-0.05, 0) is 36.4 Å². The van der Waals surface area contributed by atoms with Crippen LogP contribution in [0.5, 0.6) is 0 Å². The van der Waals surface area contributed by atoms with Gasteiger partial charge in [0.05, 0.1) is 34.9 Å². The first-order valence-corrected chi connectivity index (χ1v) is 8.24. The minimum absolute atomic E-state index is 0.0499. The minimum Gasteiger partial charge on any atom is -0.478 e. The highest BCUT2D eigenvalue weighted by Crippen LogP contribution is 2.24. The monoisotopic (exact) mass is 380 g/mol. The van der Waals surface area contributed by atoms with Crippen LogP contribution in [0.1, 0.15) is 26.5 Å². The maximum atomic E-state index is 12.6. The van der Waals surface area contributed by atoms with Crippen molar-refractivity contribution in [1.82, 2.24) is 5.16 Å². The first-order valence-electron chi connectivity index (χ1n) is 8.24. The Bertz CT molecular complexity index is 1080. The second-order valence-electron chi connectivity index (χ2n) is 5.79. The number of carbonyl (C=O) groups excluding carboxylic acids is 1. The zero-order chi connectivity index (χ0) is 20.1. The number of aromatic nitrogens is 1. The van der Waals surface area contributed by atoms with E-state index in [1.54, 1.807) is 25.3 Å². The number of rotatable bonds is 7. The number of methoxy groups -OCH3 is 1. The fourth-order valence-corrected chi connectivity index (χ4v) is 2.59. The van der Waals surface area contributed by atoms with Crippen molar-refractivity contribution >= 4 is 34.2 Å². The van der Waals surface area contributed by atoms with Gasteiger partial charge in [-0.2, -0.15) is 5.26 Å². The lowest BCUT2D eigenvalue weighted by molar-refractivity contribution is 0.0698. The highest BCUT2D eigenvalue weighted by molar-refractivity contribution is 6.12. The van der Waals surface area contributed by atoms with Gasteiger partial charge >= 0.3 is 5.97 Å². The van der Waals surface area contributed by atoms with E-state index in [0.717, 1.165) is 5.69 Å². The molecular formula is C19H16N4O5. The average molecular weight is 380 g/mol. The second kappa shape index (κ2) is 8.20. The summed E-state index contributed by atoms with van der Waals surface area (Å²) in [6.07, 6.45) is 0. The summed E-state index contributed by atoms with van der Waals surface area (Å²) in [4.78, 5) is 24.1. The SMILES string of the molecule is COCCNc1ccc2noc(C(=O)Nc3ccc(C#N)cc3C(=O)O)c2c1. The molecule has 28 heavy (non-hydrogen) atoms. The number of amides is 1. The number of hydrogen-bond acceptors (Lipinski definition) is 7. The fraction of sp³-hybridized carbons (Fsp3) is 0.158. The fourth-order valence-electron chi connectivity index (χ4n) is 2.59. The predicted octanol–water partition coefficient (Wildman–Crippen LogP) is 2.71. The number of fused-ring (bicyclic) bond motifs is 1. The van der Waals surface area contributed by atoms with E-state index in [1.165, 1.54) is 18.2 Å². The summed E-state index contributed by atoms with van der Waals surface area (Å²) in [6.45, 7) is 1.10. The number of hydrogen-bond donors (Lipinski definition) is 3. The smallest absolute Gasteiger partial charge is 0.337 e. The van der Waals surface area contributed by atoms with Crippen LogP contribution in [-0.2, 0) is 4.74 Å². The van der Waals surface area contributed by atoms with E-state index in [9.17, 15) is 14.7 Å². The molecule has 0 aliphatic heterocycles. The van der Waals surface area contributed by atoms with Crippen LogP contribution in [0, 0.1) is 11.3 Å². The molecule has 9 heteroatoms. The molecule has 0 saturated heterocycles. The van der Waals surface area contributed by atoms with Crippen molar-refractivity contribution in [3.05, 3.63) is 53.3 Å². The number of ether oxygens (including phenoxy) is 1.